The lowest BCUT2D eigenvalue weighted by atomic mass is 10.3. The predicted molar refractivity (Wildman–Crippen MR) is 78.0 cm³/mol. The molecule has 7 heteroatoms. The Hall–Kier alpha value is -1.70. The van der Waals surface area contributed by atoms with E-state index in [-0.39, 0.29) is 0 Å². The molecule has 0 saturated heterocycles. The summed E-state index contributed by atoms with van der Waals surface area (Å²) in [4.78, 5) is 8.53. The Bertz CT molecular complexity index is 564. The van der Waals surface area contributed by atoms with Crippen LogP contribution in [-0.4, -0.2) is 17.1 Å². The molecule has 6 nitrogen and oxygen atoms in total. The van der Waals surface area contributed by atoms with Crippen LogP contribution < -0.4 is 16.6 Å². The number of aromatic nitrogens is 2. The number of nitrogen functional groups attached to an aromatic ring is 1. The zero-order chi connectivity index (χ0) is 13.7. The zero-order valence-electron chi connectivity index (χ0n) is 10.4. The Morgan fingerprint density at radius 1 is 1.26 bits per heavy atom. The van der Waals surface area contributed by atoms with Crippen molar-refractivity contribution in [1.82, 2.24) is 9.97 Å². The topological polar surface area (TPSA) is 85.1 Å². The number of benzene rings is 1. The average Bonchev–Trinajstić information content (AvgIpc) is 2.41. The monoisotopic (exact) mass is 323 g/mol. The second-order valence-corrected chi connectivity index (χ2v) is 4.59. The molecule has 100 valence electrons. The summed E-state index contributed by atoms with van der Waals surface area (Å²) >= 11 is 3.47. The van der Waals surface area contributed by atoms with Crippen molar-refractivity contribution >= 4 is 33.3 Å². The maximum atomic E-state index is 5.39. The third-order valence-electron chi connectivity index (χ3n) is 2.33. The maximum absolute atomic E-state index is 5.39. The van der Waals surface area contributed by atoms with Gasteiger partial charge in [-0.3, -0.25) is 0 Å². The first-order chi connectivity index (χ1) is 9.22. The first kappa shape index (κ1) is 13.7. The molecule has 0 spiro atoms. The van der Waals surface area contributed by atoms with Crippen molar-refractivity contribution in [2.75, 3.05) is 17.9 Å². The summed E-state index contributed by atoms with van der Waals surface area (Å²) in [6.45, 7) is 0.320. The summed E-state index contributed by atoms with van der Waals surface area (Å²) in [5.41, 5.74) is 3.42. The number of nitrogens with two attached hydrogens (primary N) is 1. The lowest BCUT2D eigenvalue weighted by Crippen LogP contribution is -2.11. The van der Waals surface area contributed by atoms with Crippen LogP contribution in [0.4, 0.5) is 17.3 Å². The molecule has 0 amide bonds. The van der Waals surface area contributed by atoms with Crippen LogP contribution in [-0.2, 0) is 11.3 Å². The van der Waals surface area contributed by atoms with Gasteiger partial charge in [0.1, 0.15) is 18.2 Å². The Labute approximate surface area is 119 Å². The zero-order valence-corrected chi connectivity index (χ0v) is 11.9. The molecule has 1 aromatic carbocycles. The van der Waals surface area contributed by atoms with Gasteiger partial charge in [-0.25, -0.2) is 15.8 Å². The van der Waals surface area contributed by atoms with Crippen molar-refractivity contribution in [3.8, 4) is 0 Å². The van der Waals surface area contributed by atoms with Gasteiger partial charge in [0.05, 0.1) is 5.69 Å². The summed E-state index contributed by atoms with van der Waals surface area (Å²) in [5, 5.41) is 3.20. The molecule has 0 saturated carbocycles. The van der Waals surface area contributed by atoms with E-state index in [1.165, 1.54) is 0 Å². The standard InChI is InChI=1S/C12H14BrN5O/c1-19-7-12-16-10(6-11(17-12)18-14)15-9-5-3-2-4-8(9)13/h2-6H,7,14H2,1H3,(H2,15,16,17,18). The smallest absolute Gasteiger partial charge is 0.158 e. The highest BCUT2D eigenvalue weighted by atomic mass is 79.9. The second kappa shape index (κ2) is 6.46. The van der Waals surface area contributed by atoms with E-state index in [9.17, 15) is 0 Å². The summed E-state index contributed by atoms with van der Waals surface area (Å²) < 4.78 is 5.97. The third-order valence-corrected chi connectivity index (χ3v) is 3.02. The molecule has 1 heterocycles. The Balaban J connectivity index is 2.29. The van der Waals surface area contributed by atoms with Crippen molar-refractivity contribution in [3.63, 3.8) is 0 Å². The Kier molecular flexibility index (Phi) is 4.67. The molecule has 0 fully saturated rings. The van der Waals surface area contributed by atoms with Crippen LogP contribution in [0.15, 0.2) is 34.8 Å². The number of hydrogen-bond acceptors (Lipinski definition) is 6. The first-order valence-electron chi connectivity index (χ1n) is 5.58. The van der Waals surface area contributed by atoms with Crippen molar-refractivity contribution in [2.24, 2.45) is 5.84 Å². The third kappa shape index (κ3) is 3.63. The highest BCUT2D eigenvalue weighted by Crippen LogP contribution is 2.25. The number of anilines is 3. The van der Waals surface area contributed by atoms with E-state index < -0.39 is 0 Å². The highest BCUT2D eigenvalue weighted by molar-refractivity contribution is 9.10. The van der Waals surface area contributed by atoms with Crippen molar-refractivity contribution < 1.29 is 4.74 Å². The largest absolute Gasteiger partial charge is 0.377 e. The second-order valence-electron chi connectivity index (χ2n) is 3.74. The van der Waals surface area contributed by atoms with Gasteiger partial charge >= 0.3 is 0 Å². The first-order valence-corrected chi connectivity index (χ1v) is 6.37. The number of rotatable bonds is 5. The molecule has 1 aromatic heterocycles. The van der Waals surface area contributed by atoms with E-state index >= 15 is 0 Å². The molecule has 0 aliphatic carbocycles. The molecular weight excluding hydrogens is 310 g/mol. The lowest BCUT2D eigenvalue weighted by Gasteiger charge is -2.10. The Morgan fingerprint density at radius 2 is 2.00 bits per heavy atom. The van der Waals surface area contributed by atoms with E-state index in [1.54, 1.807) is 13.2 Å². The minimum Gasteiger partial charge on any atom is -0.377 e. The van der Waals surface area contributed by atoms with Gasteiger partial charge in [-0.05, 0) is 28.1 Å². The van der Waals surface area contributed by atoms with Gasteiger partial charge in [0.15, 0.2) is 5.82 Å². The summed E-state index contributed by atoms with van der Waals surface area (Å²) in [6.07, 6.45) is 0. The lowest BCUT2D eigenvalue weighted by molar-refractivity contribution is 0.178. The number of nitrogens with zero attached hydrogens (tertiary/aromatic N) is 2. The van der Waals surface area contributed by atoms with Gasteiger partial charge < -0.3 is 15.5 Å². The molecule has 0 radical (unpaired) electrons. The molecule has 0 aliphatic rings. The molecule has 4 N–H and O–H groups in total. The van der Waals surface area contributed by atoms with Gasteiger partial charge in [-0.1, -0.05) is 12.1 Å². The molecular formula is C12H14BrN5O. The number of nitrogens with one attached hydrogen (secondary N) is 2. The quantitative estimate of drug-likeness (QED) is 0.578. The number of methoxy groups -OCH3 is 1. The fourth-order valence-corrected chi connectivity index (χ4v) is 1.91. The van der Waals surface area contributed by atoms with Crippen LogP contribution in [0.3, 0.4) is 0 Å². The van der Waals surface area contributed by atoms with Crippen LogP contribution in [0.1, 0.15) is 5.82 Å². The van der Waals surface area contributed by atoms with Crippen molar-refractivity contribution in [1.29, 1.82) is 0 Å². The van der Waals surface area contributed by atoms with Crippen molar-refractivity contribution in [3.05, 3.63) is 40.6 Å². The Morgan fingerprint density at radius 3 is 2.68 bits per heavy atom. The molecule has 2 aromatic rings. The molecule has 0 atom stereocenters. The molecule has 0 bridgehead atoms. The number of ether oxygens (including phenoxy) is 1. The SMILES string of the molecule is COCc1nc(NN)cc(Nc2ccccc2Br)n1. The predicted octanol–water partition coefficient (Wildman–Crippen LogP) is 2.41. The van der Waals surface area contributed by atoms with Gasteiger partial charge in [-0.15, -0.1) is 0 Å². The van der Waals surface area contributed by atoms with Crippen LogP contribution in [0.2, 0.25) is 0 Å². The summed E-state index contributed by atoms with van der Waals surface area (Å²) in [7, 11) is 1.59. The number of para-hydroxylation sites is 1. The molecule has 19 heavy (non-hydrogen) atoms. The van der Waals surface area contributed by atoms with Gasteiger partial charge in [0.25, 0.3) is 0 Å². The van der Waals surface area contributed by atoms with Crippen molar-refractivity contribution in [2.45, 2.75) is 6.61 Å². The molecule has 0 unspecified atom stereocenters. The van der Waals surface area contributed by atoms with Gasteiger partial charge in [-0.2, -0.15) is 0 Å². The average molecular weight is 324 g/mol. The normalized spacial score (nSPS) is 10.3. The van der Waals surface area contributed by atoms with Gasteiger partial charge in [0.2, 0.25) is 0 Å². The van der Waals surface area contributed by atoms with E-state index in [4.69, 9.17) is 10.6 Å². The van der Waals surface area contributed by atoms with Crippen LogP contribution in [0, 0.1) is 0 Å². The fraction of sp³-hybridized carbons (Fsp3) is 0.167. The van der Waals surface area contributed by atoms with Crippen LogP contribution in [0.25, 0.3) is 0 Å². The van der Waals surface area contributed by atoms with E-state index in [2.05, 4.69) is 36.6 Å². The van der Waals surface area contributed by atoms with Gasteiger partial charge in [0, 0.05) is 17.6 Å². The number of hydrazine groups is 1. The number of halogens is 1. The highest BCUT2D eigenvalue weighted by Gasteiger charge is 2.05. The van der Waals surface area contributed by atoms with E-state index in [0.29, 0.717) is 24.1 Å². The fourth-order valence-electron chi connectivity index (χ4n) is 1.53. The maximum Gasteiger partial charge on any atom is 0.158 e. The van der Waals surface area contributed by atoms with Crippen LogP contribution >= 0.6 is 15.9 Å². The number of hydrogen-bond donors (Lipinski definition) is 3. The van der Waals surface area contributed by atoms with E-state index in [1.807, 2.05) is 24.3 Å². The minimum absolute atomic E-state index is 0.320. The summed E-state index contributed by atoms with van der Waals surface area (Å²) in [5.74, 6) is 7.10. The molecule has 0 aliphatic heterocycles. The summed E-state index contributed by atoms with van der Waals surface area (Å²) in [6, 6.07) is 9.49. The van der Waals surface area contributed by atoms with E-state index in [0.717, 1.165) is 10.2 Å². The molecule has 2 rings (SSSR count). The minimum atomic E-state index is 0.320. The van der Waals surface area contributed by atoms with Crippen LogP contribution in [0.5, 0.6) is 0 Å².